The minimum Gasteiger partial charge on any atom is -0.378 e. The maximum absolute atomic E-state index is 14.2. The molecule has 0 spiro atoms. The van der Waals surface area contributed by atoms with E-state index in [1.54, 1.807) is 30.3 Å². The quantitative estimate of drug-likeness (QED) is 0.395. The standard InChI is InChI=1S/C34H50FN5O4S2/c1-28-24-38(45(41,42)34-15-13-33(14-16-34)36(2)3)20-7-18-37(26-29-9-5-4-6-10-29)19-8-21-39(25-28)46(43,44)40-22-17-30-23-32(35)12-11-31(30)27-40/h11-16,23,29H,1,4-10,17-22,24-27H2,2-3H3. The van der Waals surface area contributed by atoms with E-state index >= 15 is 0 Å². The number of nitrogens with zero attached hydrogens (tertiary/aromatic N) is 5. The van der Waals surface area contributed by atoms with Crippen molar-refractivity contribution >= 4 is 25.9 Å². The fourth-order valence-electron chi connectivity index (χ4n) is 7.00. The van der Waals surface area contributed by atoms with Gasteiger partial charge in [0, 0.05) is 65.6 Å². The topological polar surface area (TPSA) is 84.5 Å². The van der Waals surface area contributed by atoms with Gasteiger partial charge >= 0.3 is 0 Å². The number of hydrogen-bond acceptors (Lipinski definition) is 6. The molecule has 0 atom stereocenters. The zero-order valence-corrected chi connectivity index (χ0v) is 29.0. The maximum Gasteiger partial charge on any atom is 0.282 e. The summed E-state index contributed by atoms with van der Waals surface area (Å²) in [4.78, 5) is 4.55. The Kier molecular flexibility index (Phi) is 11.6. The number of rotatable bonds is 7. The van der Waals surface area contributed by atoms with Gasteiger partial charge in [-0.15, -0.1) is 0 Å². The summed E-state index contributed by atoms with van der Waals surface area (Å²) in [5.41, 5.74) is 3.07. The first-order valence-corrected chi connectivity index (χ1v) is 19.5. The van der Waals surface area contributed by atoms with Gasteiger partial charge in [0.2, 0.25) is 10.0 Å². The van der Waals surface area contributed by atoms with Crippen LogP contribution < -0.4 is 4.90 Å². The molecule has 0 unspecified atom stereocenters. The second-order valence-corrected chi connectivity index (χ2v) is 17.2. The summed E-state index contributed by atoms with van der Waals surface area (Å²) in [6.07, 6.45) is 8.00. The first-order valence-electron chi connectivity index (χ1n) is 16.6. The molecule has 0 bridgehead atoms. The minimum absolute atomic E-state index is 0.0311. The van der Waals surface area contributed by atoms with Crippen molar-refractivity contribution in [2.24, 2.45) is 5.92 Å². The van der Waals surface area contributed by atoms with Crippen LogP contribution >= 0.6 is 0 Å². The van der Waals surface area contributed by atoms with Gasteiger partial charge in [0.15, 0.2) is 0 Å². The van der Waals surface area contributed by atoms with Crippen LogP contribution in [0, 0.1) is 11.7 Å². The molecule has 2 aliphatic heterocycles. The highest BCUT2D eigenvalue weighted by Gasteiger charge is 2.34. The normalized spacial score (nSPS) is 21.3. The molecule has 2 aromatic rings. The Morgan fingerprint density at radius 1 is 0.761 bits per heavy atom. The van der Waals surface area contributed by atoms with E-state index in [0.29, 0.717) is 43.8 Å². The average molecular weight is 676 g/mol. The lowest BCUT2D eigenvalue weighted by molar-refractivity contribution is 0.187. The Balaban J connectivity index is 1.39. The van der Waals surface area contributed by atoms with Gasteiger partial charge in [0.25, 0.3) is 10.2 Å². The molecule has 1 saturated carbocycles. The first kappa shape index (κ1) is 35.0. The molecule has 12 heteroatoms. The highest BCUT2D eigenvalue weighted by molar-refractivity contribution is 7.89. The van der Waals surface area contributed by atoms with Crippen LogP contribution in [0.3, 0.4) is 0 Å². The van der Waals surface area contributed by atoms with Crippen LogP contribution in [0.2, 0.25) is 0 Å². The van der Waals surface area contributed by atoms with E-state index in [9.17, 15) is 21.2 Å². The van der Waals surface area contributed by atoms with Gasteiger partial charge in [-0.2, -0.15) is 21.3 Å². The zero-order valence-electron chi connectivity index (χ0n) is 27.4. The van der Waals surface area contributed by atoms with Crippen LogP contribution in [0.4, 0.5) is 10.1 Å². The number of hydrogen-bond donors (Lipinski definition) is 0. The van der Waals surface area contributed by atoms with Crippen LogP contribution in [0.1, 0.15) is 56.1 Å². The Morgan fingerprint density at radius 3 is 2.07 bits per heavy atom. The van der Waals surface area contributed by atoms with Gasteiger partial charge in [-0.05, 0) is 104 Å². The summed E-state index contributed by atoms with van der Waals surface area (Å²) in [5, 5.41) is 0. The van der Waals surface area contributed by atoms with Crippen molar-refractivity contribution in [1.29, 1.82) is 0 Å². The molecule has 9 nitrogen and oxygen atoms in total. The molecular formula is C34H50FN5O4S2. The van der Waals surface area contributed by atoms with E-state index in [4.69, 9.17) is 0 Å². The molecule has 2 heterocycles. The van der Waals surface area contributed by atoms with Crippen LogP contribution in [0.5, 0.6) is 0 Å². The number of fused-ring (bicyclic) bond motifs is 1. The maximum atomic E-state index is 14.2. The average Bonchev–Trinajstić information content (AvgIpc) is 3.03. The van der Waals surface area contributed by atoms with Gasteiger partial charge in [-0.1, -0.05) is 31.9 Å². The van der Waals surface area contributed by atoms with Crippen molar-refractivity contribution in [1.82, 2.24) is 17.8 Å². The largest absolute Gasteiger partial charge is 0.378 e. The van der Waals surface area contributed by atoms with Crippen molar-refractivity contribution in [3.05, 3.63) is 71.6 Å². The smallest absolute Gasteiger partial charge is 0.282 e. The van der Waals surface area contributed by atoms with Crippen LogP contribution in [-0.4, -0.2) is 101 Å². The Hall–Kier alpha value is -2.35. The van der Waals surface area contributed by atoms with E-state index in [1.165, 1.54) is 57.2 Å². The third kappa shape index (κ3) is 8.56. The Morgan fingerprint density at radius 2 is 1.39 bits per heavy atom. The fraction of sp³-hybridized carbons (Fsp3) is 0.588. The van der Waals surface area contributed by atoms with Crippen molar-refractivity contribution < 1.29 is 21.2 Å². The summed E-state index contributed by atoms with van der Waals surface area (Å²) in [7, 11) is -3.94. The molecule has 1 aliphatic carbocycles. The van der Waals surface area contributed by atoms with Crippen molar-refractivity contribution in [3.8, 4) is 0 Å². The van der Waals surface area contributed by atoms with Crippen molar-refractivity contribution in [2.75, 3.05) is 71.4 Å². The summed E-state index contributed by atoms with van der Waals surface area (Å²) in [6.45, 7) is 7.79. The minimum atomic E-state index is -3.90. The van der Waals surface area contributed by atoms with Crippen molar-refractivity contribution in [3.63, 3.8) is 0 Å². The second kappa shape index (κ2) is 15.3. The number of sulfonamides is 1. The fourth-order valence-corrected chi connectivity index (χ4v) is 10.2. The first-order chi connectivity index (χ1) is 21.9. The van der Waals surface area contributed by atoms with E-state index in [0.717, 1.165) is 36.4 Å². The van der Waals surface area contributed by atoms with Gasteiger partial charge in [0.1, 0.15) is 5.82 Å². The molecule has 1 saturated heterocycles. The van der Waals surface area contributed by atoms with Crippen LogP contribution in [0.15, 0.2) is 59.5 Å². The molecular weight excluding hydrogens is 626 g/mol. The monoisotopic (exact) mass is 675 g/mol. The Labute approximate surface area is 275 Å². The lowest BCUT2D eigenvalue weighted by Crippen LogP contribution is -2.48. The molecule has 2 fully saturated rings. The predicted molar refractivity (Wildman–Crippen MR) is 182 cm³/mol. The third-order valence-corrected chi connectivity index (χ3v) is 13.4. The van der Waals surface area contributed by atoms with E-state index in [2.05, 4.69) is 11.5 Å². The molecule has 0 aromatic heterocycles. The molecule has 2 aromatic carbocycles. The van der Waals surface area contributed by atoms with Gasteiger partial charge in [-0.3, -0.25) is 0 Å². The molecule has 5 rings (SSSR count). The predicted octanol–water partition coefficient (Wildman–Crippen LogP) is 4.72. The van der Waals surface area contributed by atoms with Crippen LogP contribution in [-0.2, 0) is 33.2 Å². The second-order valence-electron chi connectivity index (χ2n) is 13.3. The SMILES string of the molecule is C=C1CN(S(=O)(=O)c2ccc(N(C)C)cc2)CCCN(CC2CCCCC2)CCCN(S(=O)(=O)N2CCc3cc(F)ccc3C2)C1. The summed E-state index contributed by atoms with van der Waals surface area (Å²) in [5.74, 6) is 0.301. The lowest BCUT2D eigenvalue weighted by atomic mass is 9.89. The summed E-state index contributed by atoms with van der Waals surface area (Å²) < 4.78 is 74.5. The lowest BCUT2D eigenvalue weighted by Gasteiger charge is -2.35. The summed E-state index contributed by atoms with van der Waals surface area (Å²) in [6, 6.07) is 11.4. The van der Waals surface area contributed by atoms with Crippen LogP contribution in [0.25, 0.3) is 0 Å². The molecule has 0 amide bonds. The molecule has 46 heavy (non-hydrogen) atoms. The van der Waals surface area contributed by atoms with Gasteiger partial charge in [-0.25, -0.2) is 12.8 Å². The molecule has 3 aliphatic rings. The van der Waals surface area contributed by atoms with Crippen molar-refractivity contribution in [2.45, 2.75) is 62.8 Å². The van der Waals surface area contributed by atoms with Gasteiger partial charge in [0.05, 0.1) is 4.90 Å². The molecule has 0 N–H and O–H groups in total. The highest BCUT2D eigenvalue weighted by atomic mass is 32.2. The van der Waals surface area contributed by atoms with Gasteiger partial charge < -0.3 is 9.80 Å². The zero-order chi connectivity index (χ0) is 32.9. The van der Waals surface area contributed by atoms with E-state index < -0.39 is 20.2 Å². The summed E-state index contributed by atoms with van der Waals surface area (Å²) >= 11 is 0. The Bertz CT molecular complexity index is 1560. The molecule has 254 valence electrons. The third-order valence-electron chi connectivity index (χ3n) is 9.59. The van der Waals surface area contributed by atoms with E-state index in [1.807, 2.05) is 19.0 Å². The van der Waals surface area contributed by atoms with E-state index in [-0.39, 0.29) is 36.9 Å². The molecule has 0 radical (unpaired) electrons. The highest BCUT2D eigenvalue weighted by Crippen LogP contribution is 2.27. The number of anilines is 1. The number of halogens is 1. The number of benzene rings is 2.